The molecule has 5 heteroatoms. The third-order valence-electron chi connectivity index (χ3n) is 4.16. The molecule has 1 fully saturated rings. The van der Waals surface area contributed by atoms with E-state index in [-0.39, 0.29) is 12.2 Å². The second kappa shape index (κ2) is 8.17. The highest BCUT2D eigenvalue weighted by Gasteiger charge is 2.17. The number of anilines is 1. The highest BCUT2D eigenvalue weighted by molar-refractivity contribution is 5.43. The minimum absolute atomic E-state index is 0.00659. The number of aromatic nitrogens is 2. The normalized spacial score (nSPS) is 19.0. The summed E-state index contributed by atoms with van der Waals surface area (Å²) in [5.74, 6) is 0.688. The molecular weight excluding hydrogens is 266 g/mol. The van der Waals surface area contributed by atoms with Crippen molar-refractivity contribution in [3.8, 4) is 0 Å². The molecule has 0 bridgehead atoms. The molecule has 0 radical (unpaired) electrons. The Labute approximate surface area is 126 Å². The molecule has 1 aromatic heterocycles. The average Bonchev–Trinajstić information content (AvgIpc) is 2.48. The summed E-state index contributed by atoms with van der Waals surface area (Å²) in [5.41, 5.74) is 0.955. The van der Waals surface area contributed by atoms with Crippen LogP contribution in [0.5, 0.6) is 0 Å². The van der Waals surface area contributed by atoms with E-state index in [2.05, 4.69) is 16.9 Å². The fraction of sp³-hybridized carbons (Fsp3) is 0.750. The highest BCUT2D eigenvalue weighted by atomic mass is 16.2. The smallest absolute Gasteiger partial charge is 0.268 e. The van der Waals surface area contributed by atoms with E-state index in [0.29, 0.717) is 12.5 Å². The number of aliphatic hydroxyl groups is 1. The van der Waals surface area contributed by atoms with E-state index in [0.717, 1.165) is 44.5 Å². The van der Waals surface area contributed by atoms with Crippen LogP contribution in [0.1, 0.15) is 45.4 Å². The summed E-state index contributed by atoms with van der Waals surface area (Å²) in [6.45, 7) is 5.22. The molecule has 2 heterocycles. The Kier molecular flexibility index (Phi) is 6.23. The van der Waals surface area contributed by atoms with Gasteiger partial charge in [-0.3, -0.25) is 4.79 Å². The van der Waals surface area contributed by atoms with Crippen molar-refractivity contribution in [2.75, 3.05) is 24.6 Å². The molecule has 5 nitrogen and oxygen atoms in total. The first-order valence-electron chi connectivity index (χ1n) is 8.13. The summed E-state index contributed by atoms with van der Waals surface area (Å²) in [4.78, 5) is 14.4. The highest BCUT2D eigenvalue weighted by Crippen LogP contribution is 2.20. The minimum Gasteiger partial charge on any atom is -0.396 e. The van der Waals surface area contributed by atoms with Crippen molar-refractivity contribution in [2.45, 2.75) is 52.0 Å². The van der Waals surface area contributed by atoms with Crippen LogP contribution >= 0.6 is 0 Å². The first-order valence-corrected chi connectivity index (χ1v) is 8.13. The molecule has 1 N–H and O–H groups in total. The number of nitrogens with zero attached hydrogens (tertiary/aromatic N) is 3. The van der Waals surface area contributed by atoms with Crippen LogP contribution in [0.25, 0.3) is 0 Å². The molecule has 1 unspecified atom stereocenters. The second-order valence-electron chi connectivity index (χ2n) is 6.11. The molecule has 2 rings (SSSR count). The largest absolute Gasteiger partial charge is 0.396 e. The first-order chi connectivity index (χ1) is 10.2. The van der Waals surface area contributed by atoms with Crippen molar-refractivity contribution in [2.24, 2.45) is 5.92 Å². The van der Waals surface area contributed by atoms with Gasteiger partial charge >= 0.3 is 0 Å². The molecule has 1 aromatic rings. The molecule has 1 aliphatic rings. The van der Waals surface area contributed by atoms with Gasteiger partial charge in [-0.1, -0.05) is 19.8 Å². The summed E-state index contributed by atoms with van der Waals surface area (Å²) < 4.78 is 1.55. The Bertz CT molecular complexity index is 487. The lowest BCUT2D eigenvalue weighted by Crippen LogP contribution is -2.35. The fourth-order valence-corrected chi connectivity index (χ4v) is 2.92. The number of aliphatic hydroxyl groups excluding tert-OH is 1. The summed E-state index contributed by atoms with van der Waals surface area (Å²) in [7, 11) is 0. The van der Waals surface area contributed by atoms with Gasteiger partial charge in [0.15, 0.2) is 0 Å². The summed E-state index contributed by atoms with van der Waals surface area (Å²) in [5, 5.41) is 13.0. The number of rotatable bonds is 7. The zero-order chi connectivity index (χ0) is 15.1. The summed E-state index contributed by atoms with van der Waals surface area (Å²) >= 11 is 0. The van der Waals surface area contributed by atoms with Crippen LogP contribution in [0.2, 0.25) is 0 Å². The maximum Gasteiger partial charge on any atom is 0.268 e. The van der Waals surface area contributed by atoms with Crippen LogP contribution in [0, 0.1) is 5.92 Å². The van der Waals surface area contributed by atoms with Crippen molar-refractivity contribution < 1.29 is 5.11 Å². The van der Waals surface area contributed by atoms with Gasteiger partial charge in [-0.2, -0.15) is 5.10 Å². The third kappa shape index (κ3) is 4.84. The van der Waals surface area contributed by atoms with Crippen LogP contribution in [-0.4, -0.2) is 34.6 Å². The van der Waals surface area contributed by atoms with E-state index < -0.39 is 0 Å². The maximum absolute atomic E-state index is 12.1. The van der Waals surface area contributed by atoms with Gasteiger partial charge in [0.25, 0.3) is 5.56 Å². The Hall–Kier alpha value is -1.36. The monoisotopic (exact) mass is 293 g/mol. The fourth-order valence-electron chi connectivity index (χ4n) is 2.92. The Morgan fingerprint density at radius 3 is 2.86 bits per heavy atom. The second-order valence-corrected chi connectivity index (χ2v) is 6.11. The molecule has 1 aliphatic heterocycles. The Morgan fingerprint density at radius 1 is 1.33 bits per heavy atom. The predicted octanol–water partition coefficient (Wildman–Crippen LogP) is 2.03. The molecule has 1 saturated heterocycles. The van der Waals surface area contributed by atoms with E-state index in [9.17, 15) is 4.79 Å². The van der Waals surface area contributed by atoms with E-state index in [1.165, 1.54) is 12.8 Å². The van der Waals surface area contributed by atoms with Crippen molar-refractivity contribution in [1.82, 2.24) is 9.78 Å². The third-order valence-corrected chi connectivity index (χ3v) is 4.16. The summed E-state index contributed by atoms with van der Waals surface area (Å²) in [6, 6.07) is 1.72. The molecule has 118 valence electrons. The van der Waals surface area contributed by atoms with E-state index in [4.69, 9.17) is 5.11 Å². The number of aryl methyl sites for hydroxylation is 1. The minimum atomic E-state index is -0.00659. The van der Waals surface area contributed by atoms with Gasteiger partial charge in [0.05, 0.1) is 11.9 Å². The lowest BCUT2D eigenvalue weighted by atomic mass is 10.00. The van der Waals surface area contributed by atoms with Gasteiger partial charge in [0.2, 0.25) is 0 Å². The van der Waals surface area contributed by atoms with Crippen molar-refractivity contribution in [3.05, 3.63) is 22.6 Å². The van der Waals surface area contributed by atoms with Crippen LogP contribution in [0.15, 0.2) is 17.1 Å². The zero-order valence-electron chi connectivity index (χ0n) is 13.0. The van der Waals surface area contributed by atoms with E-state index >= 15 is 0 Å². The number of hydrogen-bond acceptors (Lipinski definition) is 4. The molecule has 0 aromatic carbocycles. The van der Waals surface area contributed by atoms with Crippen molar-refractivity contribution in [1.29, 1.82) is 0 Å². The van der Waals surface area contributed by atoms with Gasteiger partial charge in [0.1, 0.15) is 0 Å². The van der Waals surface area contributed by atoms with Crippen molar-refractivity contribution in [3.63, 3.8) is 0 Å². The van der Waals surface area contributed by atoms with Gasteiger partial charge < -0.3 is 10.0 Å². The first kappa shape index (κ1) is 16.0. The molecule has 0 spiro atoms. The van der Waals surface area contributed by atoms with Gasteiger partial charge in [-0.25, -0.2) is 4.68 Å². The van der Waals surface area contributed by atoms with Crippen LogP contribution in [-0.2, 0) is 6.54 Å². The average molecular weight is 293 g/mol. The van der Waals surface area contributed by atoms with Crippen LogP contribution in [0.4, 0.5) is 5.69 Å². The standard InChI is InChI=1S/C16H27N3O2/c1-14-7-6-8-18(13-14)15-11-16(21)19(17-12-15)9-4-2-3-5-10-20/h11-12,14,20H,2-10,13H2,1H3. The number of piperidine rings is 1. The molecule has 21 heavy (non-hydrogen) atoms. The molecule has 0 saturated carbocycles. The summed E-state index contributed by atoms with van der Waals surface area (Å²) in [6.07, 6.45) is 8.10. The van der Waals surface area contributed by atoms with Crippen LogP contribution < -0.4 is 10.5 Å². The lowest BCUT2D eigenvalue weighted by Gasteiger charge is -2.32. The molecule has 1 atom stereocenters. The molecular formula is C16H27N3O2. The zero-order valence-corrected chi connectivity index (χ0v) is 13.0. The van der Waals surface area contributed by atoms with E-state index in [1.54, 1.807) is 10.7 Å². The SMILES string of the molecule is CC1CCCN(c2cnn(CCCCCCO)c(=O)c2)C1. The molecule has 0 amide bonds. The van der Waals surface area contributed by atoms with Crippen molar-refractivity contribution >= 4 is 5.69 Å². The Balaban J connectivity index is 1.89. The Morgan fingerprint density at radius 2 is 2.14 bits per heavy atom. The number of unbranched alkanes of at least 4 members (excludes halogenated alkanes) is 3. The molecule has 0 aliphatic carbocycles. The predicted molar refractivity (Wildman–Crippen MR) is 84.7 cm³/mol. The van der Waals surface area contributed by atoms with E-state index in [1.807, 2.05) is 6.20 Å². The number of hydrogen-bond donors (Lipinski definition) is 1. The lowest BCUT2D eigenvalue weighted by molar-refractivity contribution is 0.282. The van der Waals surface area contributed by atoms with Crippen LogP contribution in [0.3, 0.4) is 0 Å². The quantitative estimate of drug-likeness (QED) is 0.782. The maximum atomic E-state index is 12.1. The van der Waals surface area contributed by atoms with Gasteiger partial charge in [-0.05, 0) is 31.6 Å². The van der Waals surface area contributed by atoms with Gasteiger partial charge in [-0.15, -0.1) is 0 Å². The van der Waals surface area contributed by atoms with Gasteiger partial charge in [0, 0.05) is 32.3 Å². The topological polar surface area (TPSA) is 58.4 Å².